The van der Waals surface area contributed by atoms with Crippen LogP contribution in [-0.4, -0.2) is 71.1 Å². The van der Waals surface area contributed by atoms with E-state index in [1.807, 2.05) is 37.3 Å². The van der Waals surface area contributed by atoms with Crippen LogP contribution in [0.1, 0.15) is 30.1 Å². The minimum atomic E-state index is -0.400. The molecule has 3 aromatic rings. The van der Waals surface area contributed by atoms with E-state index in [4.69, 9.17) is 14.2 Å². The van der Waals surface area contributed by atoms with Crippen molar-refractivity contribution in [1.29, 1.82) is 0 Å². The van der Waals surface area contributed by atoms with Gasteiger partial charge in [0.15, 0.2) is 0 Å². The first kappa shape index (κ1) is 29.1. The summed E-state index contributed by atoms with van der Waals surface area (Å²) in [7, 11) is 1.69. The Labute approximate surface area is 246 Å². The van der Waals surface area contributed by atoms with Gasteiger partial charge in [0.2, 0.25) is 0 Å². The van der Waals surface area contributed by atoms with Crippen LogP contribution < -0.4 is 35.2 Å². The number of urea groups is 1. The second-order valence-corrected chi connectivity index (χ2v) is 10.3. The quantitative estimate of drug-likeness (QED) is 0.315. The van der Waals surface area contributed by atoms with Crippen molar-refractivity contribution in [2.75, 3.05) is 73.5 Å². The molecule has 42 heavy (non-hydrogen) atoms. The molecule has 0 bridgehead atoms. The number of piperazine rings is 1. The molecule has 222 valence electrons. The fraction of sp³-hybridized carbons (Fsp3) is 0.375. The molecule has 2 fully saturated rings. The summed E-state index contributed by atoms with van der Waals surface area (Å²) in [6, 6.07) is 20.3. The van der Waals surface area contributed by atoms with Crippen LogP contribution in [0.5, 0.6) is 11.5 Å². The average molecular weight is 574 g/mol. The monoisotopic (exact) mass is 573 g/mol. The number of methoxy groups -OCH3 is 1. The Hall–Kier alpha value is -4.44. The van der Waals surface area contributed by atoms with Gasteiger partial charge in [0, 0.05) is 56.4 Å². The number of nitrogens with zero attached hydrogens (tertiary/aromatic N) is 2. The number of anilines is 4. The fourth-order valence-electron chi connectivity index (χ4n) is 5.35. The van der Waals surface area contributed by atoms with Crippen molar-refractivity contribution in [3.8, 4) is 11.5 Å². The smallest absolute Gasteiger partial charge is 0.323 e. The van der Waals surface area contributed by atoms with Crippen LogP contribution in [0.25, 0.3) is 0 Å². The lowest BCUT2D eigenvalue weighted by atomic mass is 10.1. The van der Waals surface area contributed by atoms with Gasteiger partial charge in [0.1, 0.15) is 11.5 Å². The predicted molar refractivity (Wildman–Crippen MR) is 165 cm³/mol. The molecule has 5 rings (SSSR count). The molecule has 3 amide bonds. The Kier molecular flexibility index (Phi) is 9.66. The average Bonchev–Trinajstić information content (AvgIpc) is 3.55. The van der Waals surface area contributed by atoms with E-state index < -0.39 is 6.03 Å². The first-order chi connectivity index (χ1) is 20.5. The van der Waals surface area contributed by atoms with Gasteiger partial charge < -0.3 is 40.0 Å². The lowest BCUT2D eigenvalue weighted by Gasteiger charge is -2.38. The third-order valence-corrected chi connectivity index (χ3v) is 7.48. The highest BCUT2D eigenvalue weighted by Gasteiger charge is 2.25. The molecule has 3 aromatic carbocycles. The van der Waals surface area contributed by atoms with Gasteiger partial charge in [0.25, 0.3) is 5.91 Å². The highest BCUT2D eigenvalue weighted by Crippen LogP contribution is 2.31. The van der Waals surface area contributed by atoms with Gasteiger partial charge in [0.05, 0.1) is 31.1 Å². The molecule has 2 aliphatic rings. The second kappa shape index (κ2) is 14.0. The number of amides is 3. The number of hydrogen-bond acceptors (Lipinski definition) is 7. The number of benzene rings is 3. The summed E-state index contributed by atoms with van der Waals surface area (Å²) in [6.07, 6.45) is 1.97. The van der Waals surface area contributed by atoms with Gasteiger partial charge in [-0.05, 0) is 74.4 Å². The van der Waals surface area contributed by atoms with Crippen LogP contribution in [0.15, 0.2) is 66.7 Å². The van der Waals surface area contributed by atoms with Crippen molar-refractivity contribution in [3.05, 3.63) is 72.3 Å². The molecule has 2 saturated heterocycles. The lowest BCUT2D eigenvalue weighted by Crippen LogP contribution is -2.47. The van der Waals surface area contributed by atoms with Crippen molar-refractivity contribution in [3.63, 3.8) is 0 Å². The van der Waals surface area contributed by atoms with E-state index in [2.05, 4.69) is 31.8 Å². The molecule has 0 saturated carbocycles. The Morgan fingerprint density at radius 3 is 2.29 bits per heavy atom. The zero-order valence-electron chi connectivity index (χ0n) is 24.2. The molecule has 0 aliphatic carbocycles. The molecule has 2 aliphatic heterocycles. The maximum Gasteiger partial charge on any atom is 0.323 e. The maximum absolute atomic E-state index is 13.5. The standard InChI is InChI=1S/C32H39N5O5/c1-3-41-25-13-10-23(11-14-25)34-32(39)35-24-12-15-28(27(21-24)31(38)33-22-26-7-6-20-42-26)36-16-18-37(19-17-36)29-8-4-5-9-30(29)40-2/h4-5,8-15,21,26H,3,6-7,16-20,22H2,1-2H3,(H,33,38)(H2,34,35,39). The predicted octanol–water partition coefficient (Wildman–Crippen LogP) is 4.97. The Morgan fingerprint density at radius 1 is 0.905 bits per heavy atom. The minimum Gasteiger partial charge on any atom is -0.495 e. The summed E-state index contributed by atoms with van der Waals surface area (Å²) in [5.74, 6) is 1.39. The number of carbonyl (C=O) groups is 2. The molecule has 10 heteroatoms. The number of ether oxygens (including phenoxy) is 3. The number of hydrogen-bond donors (Lipinski definition) is 3. The highest BCUT2D eigenvalue weighted by molar-refractivity contribution is 6.04. The molecular formula is C32H39N5O5. The maximum atomic E-state index is 13.5. The summed E-state index contributed by atoms with van der Waals surface area (Å²) < 4.78 is 16.7. The van der Waals surface area contributed by atoms with E-state index in [1.54, 1.807) is 37.4 Å². The molecule has 1 atom stereocenters. The Bertz CT molecular complexity index is 1350. The summed E-state index contributed by atoms with van der Waals surface area (Å²) >= 11 is 0. The topological polar surface area (TPSA) is 104 Å². The summed E-state index contributed by atoms with van der Waals surface area (Å²) in [4.78, 5) is 30.8. The van der Waals surface area contributed by atoms with Crippen molar-refractivity contribution < 1.29 is 23.8 Å². The second-order valence-electron chi connectivity index (χ2n) is 10.3. The van der Waals surface area contributed by atoms with Crippen LogP contribution >= 0.6 is 0 Å². The van der Waals surface area contributed by atoms with Gasteiger partial charge in [-0.1, -0.05) is 12.1 Å². The van der Waals surface area contributed by atoms with Crippen LogP contribution in [-0.2, 0) is 4.74 Å². The van der Waals surface area contributed by atoms with Gasteiger partial charge in [-0.3, -0.25) is 4.79 Å². The lowest BCUT2D eigenvalue weighted by molar-refractivity contribution is 0.0858. The first-order valence-electron chi connectivity index (χ1n) is 14.5. The van der Waals surface area contributed by atoms with E-state index >= 15 is 0 Å². The zero-order chi connectivity index (χ0) is 29.3. The first-order valence-corrected chi connectivity index (χ1v) is 14.5. The number of para-hydroxylation sites is 2. The largest absolute Gasteiger partial charge is 0.495 e. The van der Waals surface area contributed by atoms with E-state index in [-0.39, 0.29) is 12.0 Å². The van der Waals surface area contributed by atoms with Gasteiger partial charge in [-0.15, -0.1) is 0 Å². The third kappa shape index (κ3) is 7.25. The number of carbonyl (C=O) groups excluding carboxylic acids is 2. The van der Waals surface area contributed by atoms with Crippen molar-refractivity contribution >= 4 is 34.7 Å². The van der Waals surface area contributed by atoms with Crippen molar-refractivity contribution in [1.82, 2.24) is 5.32 Å². The molecular weight excluding hydrogens is 534 g/mol. The zero-order valence-corrected chi connectivity index (χ0v) is 24.2. The number of rotatable bonds is 10. The van der Waals surface area contributed by atoms with Crippen LogP contribution in [0.3, 0.4) is 0 Å². The minimum absolute atomic E-state index is 0.0306. The molecule has 3 N–H and O–H groups in total. The van der Waals surface area contributed by atoms with Crippen LogP contribution in [0.2, 0.25) is 0 Å². The van der Waals surface area contributed by atoms with E-state index in [9.17, 15) is 9.59 Å². The van der Waals surface area contributed by atoms with E-state index in [0.29, 0.717) is 30.1 Å². The summed E-state index contributed by atoms with van der Waals surface area (Å²) in [5, 5.41) is 8.75. The molecule has 0 aromatic heterocycles. The van der Waals surface area contributed by atoms with Gasteiger partial charge in [-0.2, -0.15) is 0 Å². The van der Waals surface area contributed by atoms with Gasteiger partial charge >= 0.3 is 6.03 Å². The molecule has 10 nitrogen and oxygen atoms in total. The summed E-state index contributed by atoms with van der Waals surface area (Å²) in [6.45, 7) is 6.70. The molecule has 0 spiro atoms. The van der Waals surface area contributed by atoms with Crippen LogP contribution in [0.4, 0.5) is 27.5 Å². The molecule has 2 heterocycles. The Balaban J connectivity index is 1.29. The van der Waals surface area contributed by atoms with Crippen LogP contribution in [0, 0.1) is 0 Å². The van der Waals surface area contributed by atoms with Gasteiger partial charge in [-0.25, -0.2) is 4.79 Å². The fourth-order valence-corrected chi connectivity index (χ4v) is 5.35. The molecule has 1 unspecified atom stereocenters. The molecule has 0 radical (unpaired) electrons. The van der Waals surface area contributed by atoms with E-state index in [0.717, 1.165) is 68.5 Å². The SMILES string of the molecule is CCOc1ccc(NC(=O)Nc2ccc(N3CCN(c4ccccc4OC)CC3)c(C(=O)NCC3CCCO3)c2)cc1. The van der Waals surface area contributed by atoms with E-state index in [1.165, 1.54) is 0 Å². The Morgan fingerprint density at radius 2 is 1.60 bits per heavy atom. The van der Waals surface area contributed by atoms with Crippen molar-refractivity contribution in [2.45, 2.75) is 25.9 Å². The third-order valence-electron chi connectivity index (χ3n) is 7.48. The highest BCUT2D eigenvalue weighted by atomic mass is 16.5. The normalized spacial score (nSPS) is 16.6. The number of nitrogens with one attached hydrogen (secondary N) is 3. The van der Waals surface area contributed by atoms with Crippen molar-refractivity contribution in [2.24, 2.45) is 0 Å². The summed E-state index contributed by atoms with van der Waals surface area (Å²) in [5.41, 5.74) is 3.56.